The molecule has 0 spiro atoms. The quantitative estimate of drug-likeness (QED) is 0.449. The molecule has 12 heteroatoms. The van der Waals surface area contributed by atoms with Gasteiger partial charge < -0.3 is 25.4 Å². The van der Waals surface area contributed by atoms with Gasteiger partial charge in [-0.2, -0.15) is 4.31 Å². The van der Waals surface area contributed by atoms with Gasteiger partial charge in [-0.15, -0.1) is 0 Å². The smallest absolute Gasteiger partial charge is 0.319 e. The maximum absolute atomic E-state index is 13.5. The van der Waals surface area contributed by atoms with Crippen LogP contribution in [0.15, 0.2) is 47.4 Å². The molecule has 1 aliphatic rings. The van der Waals surface area contributed by atoms with Crippen molar-refractivity contribution in [1.82, 2.24) is 14.5 Å². The van der Waals surface area contributed by atoms with Crippen LogP contribution in [0.25, 0.3) is 0 Å². The number of halogens is 1. The first kappa shape index (κ1) is 29.7. The summed E-state index contributed by atoms with van der Waals surface area (Å²) in [7, 11) is -2.41. The predicted octanol–water partition coefficient (Wildman–Crippen LogP) is 3.41. The number of sulfonamides is 1. The first-order valence-corrected chi connectivity index (χ1v) is 14.2. The summed E-state index contributed by atoms with van der Waals surface area (Å²) in [5, 5.41) is 15.7. The van der Waals surface area contributed by atoms with E-state index in [1.54, 1.807) is 30.0 Å². The van der Waals surface area contributed by atoms with Crippen molar-refractivity contribution in [2.24, 2.45) is 5.92 Å². The number of likely N-dealkylation sites (N-methyl/N-ethyl adjacent to an activating group) is 1. The third-order valence-electron chi connectivity index (χ3n) is 6.32. The number of rotatable bonds is 8. The minimum absolute atomic E-state index is 0.0341. The normalized spacial score (nSPS) is 18.9. The summed E-state index contributed by atoms with van der Waals surface area (Å²) in [5.74, 6) is -0.552. The van der Waals surface area contributed by atoms with Gasteiger partial charge in [0.15, 0.2) is 5.75 Å². The van der Waals surface area contributed by atoms with Gasteiger partial charge in [-0.25, -0.2) is 13.2 Å². The highest BCUT2D eigenvalue weighted by Crippen LogP contribution is 2.35. The fourth-order valence-electron chi connectivity index (χ4n) is 4.12. The summed E-state index contributed by atoms with van der Waals surface area (Å²) in [6.45, 7) is 7.16. The average Bonchev–Trinajstić information content (AvgIpc) is 2.85. The van der Waals surface area contributed by atoms with Crippen LogP contribution in [0, 0.1) is 5.92 Å². The van der Waals surface area contributed by atoms with E-state index in [9.17, 15) is 23.1 Å². The van der Waals surface area contributed by atoms with Crippen LogP contribution in [0.2, 0.25) is 5.02 Å². The number of benzene rings is 2. The number of aliphatic hydroxyl groups excluding tert-OH is 1. The molecule has 0 aromatic heterocycles. The monoisotopic (exact) mass is 566 g/mol. The second-order valence-corrected chi connectivity index (χ2v) is 12.3. The van der Waals surface area contributed by atoms with Crippen molar-refractivity contribution in [3.05, 3.63) is 53.1 Å². The number of anilines is 1. The van der Waals surface area contributed by atoms with E-state index in [-0.39, 0.29) is 59.5 Å². The molecule has 10 nitrogen and oxygen atoms in total. The van der Waals surface area contributed by atoms with E-state index in [4.69, 9.17) is 16.3 Å². The van der Waals surface area contributed by atoms with Crippen LogP contribution >= 0.6 is 11.6 Å². The van der Waals surface area contributed by atoms with Crippen LogP contribution in [-0.2, 0) is 10.0 Å². The molecule has 0 fully saturated rings. The van der Waals surface area contributed by atoms with Crippen molar-refractivity contribution >= 4 is 39.2 Å². The van der Waals surface area contributed by atoms with Gasteiger partial charge >= 0.3 is 6.03 Å². The van der Waals surface area contributed by atoms with E-state index < -0.39 is 28.2 Å². The molecule has 0 bridgehead atoms. The van der Waals surface area contributed by atoms with E-state index in [1.807, 2.05) is 20.8 Å². The second-order valence-electron chi connectivity index (χ2n) is 9.80. The standard InChI is InChI=1S/C26H35ClN4O6S/c1-16(2)28-26(34)29-22-8-6-7-21-24(22)37-23(17(3)13-31(25(21)33)18(4)15-32)14-30(5)38(35,36)20-11-9-19(27)10-12-20/h6-12,16-18,23,32H,13-15H2,1-5H3,(H2,28,29,34)/t17-,18+,23-/m1/s1. The molecule has 3 N–H and O–H groups in total. The minimum Gasteiger partial charge on any atom is -0.486 e. The third-order valence-corrected chi connectivity index (χ3v) is 8.41. The third kappa shape index (κ3) is 6.76. The van der Waals surface area contributed by atoms with Crippen LogP contribution in [0.3, 0.4) is 0 Å². The summed E-state index contributed by atoms with van der Waals surface area (Å²) in [5.41, 5.74) is 0.473. The van der Waals surface area contributed by atoms with Gasteiger partial charge in [-0.1, -0.05) is 24.6 Å². The Morgan fingerprint density at radius 3 is 2.47 bits per heavy atom. The molecule has 0 radical (unpaired) electrons. The van der Waals surface area contributed by atoms with Gasteiger partial charge in [0.1, 0.15) is 6.10 Å². The van der Waals surface area contributed by atoms with Gasteiger partial charge in [0, 0.05) is 30.6 Å². The number of carbonyl (C=O) groups is 2. The lowest BCUT2D eigenvalue weighted by molar-refractivity contribution is 0.0389. The molecule has 3 amide bonds. The average molecular weight is 567 g/mol. The van der Waals surface area contributed by atoms with E-state index in [2.05, 4.69) is 10.6 Å². The summed E-state index contributed by atoms with van der Waals surface area (Å²) in [6.07, 6.45) is -0.696. The summed E-state index contributed by atoms with van der Waals surface area (Å²) >= 11 is 5.93. The Hall–Kier alpha value is -2.86. The summed E-state index contributed by atoms with van der Waals surface area (Å²) < 4.78 is 34.1. The number of ether oxygens (including phenoxy) is 1. The zero-order valence-electron chi connectivity index (χ0n) is 22.1. The van der Waals surface area contributed by atoms with Crippen molar-refractivity contribution < 1.29 is 27.9 Å². The summed E-state index contributed by atoms with van der Waals surface area (Å²) in [4.78, 5) is 27.7. The van der Waals surface area contributed by atoms with E-state index >= 15 is 0 Å². The fourth-order valence-corrected chi connectivity index (χ4v) is 5.43. The van der Waals surface area contributed by atoms with Crippen molar-refractivity contribution in [3.63, 3.8) is 0 Å². The minimum atomic E-state index is -3.87. The Morgan fingerprint density at radius 1 is 1.21 bits per heavy atom. The Morgan fingerprint density at radius 2 is 1.87 bits per heavy atom. The van der Waals surface area contributed by atoms with Gasteiger partial charge in [-0.05, 0) is 57.2 Å². The van der Waals surface area contributed by atoms with Crippen LogP contribution in [0.5, 0.6) is 5.75 Å². The van der Waals surface area contributed by atoms with Crippen LogP contribution in [0.1, 0.15) is 38.1 Å². The molecule has 0 aliphatic carbocycles. The topological polar surface area (TPSA) is 128 Å². The van der Waals surface area contributed by atoms with Crippen molar-refractivity contribution in [1.29, 1.82) is 0 Å². The fraction of sp³-hybridized carbons (Fsp3) is 0.462. The Kier molecular flexibility index (Phi) is 9.64. The summed E-state index contributed by atoms with van der Waals surface area (Å²) in [6, 6.07) is 9.63. The van der Waals surface area contributed by atoms with E-state index in [0.29, 0.717) is 5.02 Å². The maximum atomic E-state index is 13.5. The van der Waals surface area contributed by atoms with Crippen molar-refractivity contribution in [2.75, 3.05) is 32.1 Å². The van der Waals surface area contributed by atoms with Crippen molar-refractivity contribution in [2.45, 2.75) is 50.8 Å². The first-order valence-electron chi connectivity index (χ1n) is 12.4. The number of para-hydroxylation sites is 1. The van der Waals surface area contributed by atoms with Gasteiger partial charge in [0.25, 0.3) is 5.91 Å². The number of nitrogens with zero attached hydrogens (tertiary/aromatic N) is 2. The van der Waals surface area contributed by atoms with E-state index in [1.165, 1.54) is 35.6 Å². The van der Waals surface area contributed by atoms with Crippen molar-refractivity contribution in [3.8, 4) is 5.75 Å². The van der Waals surface area contributed by atoms with Crippen LogP contribution < -0.4 is 15.4 Å². The zero-order valence-corrected chi connectivity index (χ0v) is 23.7. The second kappa shape index (κ2) is 12.3. The Bertz CT molecular complexity index is 1250. The molecule has 0 saturated carbocycles. The number of hydrogen-bond donors (Lipinski definition) is 3. The molecular formula is C26H35ClN4O6S. The Balaban J connectivity index is 2.02. The number of aliphatic hydroxyl groups is 1. The lowest BCUT2D eigenvalue weighted by Gasteiger charge is -2.38. The molecule has 3 atom stereocenters. The van der Waals surface area contributed by atoms with E-state index in [0.717, 1.165) is 0 Å². The number of urea groups is 1. The molecular weight excluding hydrogens is 532 g/mol. The number of fused-ring (bicyclic) bond motifs is 1. The van der Waals surface area contributed by atoms with Crippen LogP contribution in [0.4, 0.5) is 10.5 Å². The van der Waals surface area contributed by atoms with Crippen LogP contribution in [-0.4, -0.2) is 79.6 Å². The predicted molar refractivity (Wildman–Crippen MR) is 146 cm³/mol. The molecule has 0 unspecified atom stereocenters. The largest absolute Gasteiger partial charge is 0.486 e. The SMILES string of the molecule is CC(C)NC(=O)Nc1cccc2c1O[C@H](CN(C)S(=O)(=O)c1ccc(Cl)cc1)[C@H](C)CN([C@@H](C)CO)C2=O. The molecule has 2 aromatic rings. The Labute approximate surface area is 229 Å². The molecule has 208 valence electrons. The number of nitrogens with one attached hydrogen (secondary N) is 2. The molecule has 3 rings (SSSR count). The zero-order chi connectivity index (χ0) is 28.2. The number of amides is 3. The molecule has 1 heterocycles. The lowest BCUT2D eigenvalue weighted by atomic mass is 9.99. The highest BCUT2D eigenvalue weighted by Gasteiger charge is 2.36. The highest BCUT2D eigenvalue weighted by molar-refractivity contribution is 7.89. The molecule has 2 aromatic carbocycles. The highest BCUT2D eigenvalue weighted by atomic mass is 35.5. The molecule has 38 heavy (non-hydrogen) atoms. The van der Waals surface area contributed by atoms with Gasteiger partial charge in [-0.3, -0.25) is 4.79 Å². The number of carbonyl (C=O) groups excluding carboxylic acids is 2. The lowest BCUT2D eigenvalue weighted by Crippen LogP contribution is -2.50. The van der Waals surface area contributed by atoms with Gasteiger partial charge in [0.05, 0.1) is 35.3 Å². The van der Waals surface area contributed by atoms with Gasteiger partial charge in [0.2, 0.25) is 10.0 Å². The maximum Gasteiger partial charge on any atom is 0.319 e. The molecule has 1 aliphatic heterocycles. The first-order chi connectivity index (χ1) is 17.8. The molecule has 0 saturated heterocycles. The number of hydrogen-bond acceptors (Lipinski definition) is 6.